The van der Waals surface area contributed by atoms with Gasteiger partial charge >= 0.3 is 0 Å². The molecule has 0 heterocycles. The fourth-order valence-corrected chi connectivity index (χ4v) is 0. The number of rotatable bonds is 1. The lowest BCUT2D eigenvalue weighted by molar-refractivity contribution is 0.974. The zero-order valence-corrected chi connectivity index (χ0v) is 11.3. The van der Waals surface area contributed by atoms with Crippen LogP contribution in [-0.2, 0) is 0 Å². The minimum absolute atomic E-state index is 0.567. The highest BCUT2D eigenvalue weighted by Gasteiger charge is 2.14. The van der Waals surface area contributed by atoms with Crippen molar-refractivity contribution < 1.29 is 0 Å². The Morgan fingerprint density at radius 1 is 0.917 bits per heavy atom. The van der Waals surface area contributed by atoms with Crippen LogP contribution in [0, 0.1) is 0 Å². The topological polar surface area (TPSA) is 0 Å². The van der Waals surface area contributed by atoms with Gasteiger partial charge in [-0.25, -0.2) is 0 Å². The maximum atomic E-state index is 5.25. The first-order valence-corrected chi connectivity index (χ1v) is 5.71. The van der Waals surface area contributed by atoms with Gasteiger partial charge in [-0.3, -0.25) is 0 Å². The van der Waals surface area contributed by atoms with Crippen molar-refractivity contribution in [3.8, 4) is 0 Å². The molecule has 7 heteroatoms. The van der Waals surface area contributed by atoms with Crippen LogP contribution in [0.25, 0.3) is 0 Å². The molecule has 76 valence electrons. The molecular formula is C5H7Cl7. The molecule has 0 amide bonds. The smallest absolute Gasteiger partial charge is 0.102 e. The van der Waals surface area contributed by atoms with Crippen molar-refractivity contribution in [3.05, 3.63) is 0 Å². The average molecular weight is 315 g/mol. The highest BCUT2D eigenvalue weighted by atomic mass is 35.6. The van der Waals surface area contributed by atoms with Crippen LogP contribution in [0.15, 0.2) is 0 Å². The van der Waals surface area contributed by atoms with Crippen LogP contribution in [0.5, 0.6) is 0 Å². The molecule has 0 nitrogen and oxygen atoms in total. The first-order valence-electron chi connectivity index (χ1n) is 2.83. The highest BCUT2D eigenvalue weighted by Crippen LogP contribution is 2.28. The van der Waals surface area contributed by atoms with E-state index >= 15 is 0 Å². The lowest BCUT2D eigenvalue weighted by Gasteiger charge is -2.02. The van der Waals surface area contributed by atoms with E-state index in [-0.39, 0.29) is 0 Å². The van der Waals surface area contributed by atoms with Crippen LogP contribution in [0.4, 0.5) is 0 Å². The Balaban J connectivity index is 0. The summed E-state index contributed by atoms with van der Waals surface area (Å²) in [5, 5.41) is 0. The Kier molecular flexibility index (Phi) is 11.4. The van der Waals surface area contributed by atoms with E-state index in [1.165, 1.54) is 0 Å². The van der Waals surface area contributed by atoms with Crippen molar-refractivity contribution in [2.45, 2.75) is 26.8 Å². The average Bonchev–Trinajstić information content (AvgIpc) is 1.87. The second kappa shape index (κ2) is 8.35. The van der Waals surface area contributed by atoms with Gasteiger partial charge < -0.3 is 0 Å². The summed E-state index contributed by atoms with van der Waals surface area (Å²) < 4.78 is -1.04. The van der Waals surface area contributed by atoms with Gasteiger partial charge in [0.05, 0.1) is 0 Å². The summed E-state index contributed by atoms with van der Waals surface area (Å²) in [6.45, 7) is 1.81. The van der Waals surface area contributed by atoms with Gasteiger partial charge in [-0.05, 0) is 6.42 Å². The van der Waals surface area contributed by atoms with Crippen LogP contribution in [0.1, 0.15) is 13.3 Å². The summed E-state index contributed by atoms with van der Waals surface area (Å²) in [6, 6.07) is 0. The van der Waals surface area contributed by atoms with E-state index in [1.807, 2.05) is 6.92 Å². The minimum atomic E-state index is -1.04. The number of halogens is 7. The Morgan fingerprint density at radius 2 is 1.08 bits per heavy atom. The molecule has 0 aromatic heterocycles. The van der Waals surface area contributed by atoms with E-state index in [0.717, 1.165) is 0 Å². The summed E-state index contributed by atoms with van der Waals surface area (Å²) in [5.74, 6) is 0. The van der Waals surface area contributed by atoms with E-state index < -0.39 is 13.5 Å². The molecule has 0 saturated carbocycles. The highest BCUT2D eigenvalue weighted by molar-refractivity contribution is 6.67. The summed E-state index contributed by atoms with van der Waals surface area (Å²) >= 11 is 36.2. The molecule has 0 N–H and O–H groups in total. The number of alkyl halides is 7. The molecule has 0 aromatic rings. The number of hydrogen-bond donors (Lipinski definition) is 0. The fraction of sp³-hybridized carbons (Fsp3) is 1.00. The SMILES string of the molecule is CCC(Cl)(Cl)Cl.ClC(Cl)C(Cl)Cl. The van der Waals surface area contributed by atoms with E-state index in [1.54, 1.807) is 0 Å². The van der Waals surface area contributed by atoms with Crippen molar-refractivity contribution in [3.63, 3.8) is 0 Å². The lowest BCUT2D eigenvalue weighted by atomic mass is 10.6. The molecule has 12 heavy (non-hydrogen) atoms. The predicted molar refractivity (Wildman–Crippen MR) is 61.6 cm³/mol. The van der Waals surface area contributed by atoms with Gasteiger partial charge in [-0.1, -0.05) is 41.7 Å². The van der Waals surface area contributed by atoms with Gasteiger partial charge in [-0.15, -0.1) is 46.4 Å². The normalized spacial score (nSPS) is 11.5. The van der Waals surface area contributed by atoms with E-state index in [9.17, 15) is 0 Å². The second-order valence-electron chi connectivity index (χ2n) is 1.64. The monoisotopic (exact) mass is 312 g/mol. The molecule has 0 aromatic carbocycles. The standard InChI is InChI=1S/C3H5Cl3.C2H2Cl4/c1-2-3(4,5)6;3-1(4)2(5)6/h2H2,1H3;1-2H. The van der Waals surface area contributed by atoms with E-state index in [2.05, 4.69) is 0 Å². The van der Waals surface area contributed by atoms with Gasteiger partial charge in [0.15, 0.2) is 3.79 Å². The zero-order chi connectivity index (χ0) is 10.4. The van der Waals surface area contributed by atoms with Crippen molar-refractivity contribution >= 4 is 81.2 Å². The van der Waals surface area contributed by atoms with Crippen LogP contribution < -0.4 is 0 Å². The van der Waals surface area contributed by atoms with Crippen LogP contribution in [0.3, 0.4) is 0 Å². The Morgan fingerprint density at radius 3 is 1.08 bits per heavy atom. The quantitative estimate of drug-likeness (QED) is 0.571. The molecule has 0 aliphatic rings. The molecule has 0 spiro atoms. The minimum Gasteiger partial charge on any atom is -0.102 e. The third-order valence-corrected chi connectivity index (χ3v) is 2.92. The molecule has 0 unspecified atom stereocenters. The third kappa shape index (κ3) is 17.9. The molecule has 0 saturated heterocycles. The van der Waals surface area contributed by atoms with Gasteiger partial charge in [-0.2, -0.15) is 0 Å². The van der Waals surface area contributed by atoms with Crippen LogP contribution in [0.2, 0.25) is 0 Å². The fourth-order valence-electron chi connectivity index (χ4n) is 0. The Bertz CT molecular complexity index is 88.5. The third-order valence-electron chi connectivity index (χ3n) is 0.591. The molecular weight excluding hydrogens is 308 g/mol. The van der Waals surface area contributed by atoms with E-state index in [4.69, 9.17) is 81.2 Å². The largest absolute Gasteiger partial charge is 0.190 e. The van der Waals surface area contributed by atoms with Crippen molar-refractivity contribution in [1.82, 2.24) is 0 Å². The zero-order valence-electron chi connectivity index (χ0n) is 6.01. The summed E-state index contributed by atoms with van der Waals surface area (Å²) in [6.07, 6.45) is 0.567. The van der Waals surface area contributed by atoms with Gasteiger partial charge in [0.25, 0.3) is 0 Å². The van der Waals surface area contributed by atoms with Gasteiger partial charge in [0.2, 0.25) is 0 Å². The first-order chi connectivity index (χ1) is 5.20. The maximum absolute atomic E-state index is 5.25. The lowest BCUT2D eigenvalue weighted by Crippen LogP contribution is -1.96. The summed E-state index contributed by atoms with van der Waals surface area (Å²) in [4.78, 5) is -1.35. The molecule has 0 rings (SSSR count). The van der Waals surface area contributed by atoms with Gasteiger partial charge in [0.1, 0.15) is 9.67 Å². The molecule has 0 aliphatic heterocycles. The maximum Gasteiger partial charge on any atom is 0.190 e. The molecule has 0 fully saturated rings. The summed E-state index contributed by atoms with van der Waals surface area (Å²) in [5.41, 5.74) is 0. The molecule has 0 atom stereocenters. The Hall–Kier alpha value is 2.03. The van der Waals surface area contributed by atoms with Crippen molar-refractivity contribution in [2.75, 3.05) is 0 Å². The Labute approximate surface area is 107 Å². The van der Waals surface area contributed by atoms with Gasteiger partial charge in [0, 0.05) is 0 Å². The van der Waals surface area contributed by atoms with Crippen LogP contribution >= 0.6 is 81.2 Å². The van der Waals surface area contributed by atoms with E-state index in [0.29, 0.717) is 6.42 Å². The second-order valence-corrected chi connectivity index (χ2v) is 6.48. The molecule has 0 bridgehead atoms. The molecule has 0 aliphatic carbocycles. The van der Waals surface area contributed by atoms with Crippen molar-refractivity contribution in [2.24, 2.45) is 0 Å². The van der Waals surface area contributed by atoms with Crippen LogP contribution in [-0.4, -0.2) is 13.5 Å². The predicted octanol–water partition coefficient (Wildman–Crippen LogP) is 5.36. The van der Waals surface area contributed by atoms with Crippen molar-refractivity contribution in [1.29, 1.82) is 0 Å². The first kappa shape index (κ1) is 16.5. The summed E-state index contributed by atoms with van der Waals surface area (Å²) in [7, 11) is 0. The number of hydrogen-bond acceptors (Lipinski definition) is 0. The molecule has 0 radical (unpaired) electrons.